The molecule has 2 heteroatoms. The lowest BCUT2D eigenvalue weighted by atomic mass is 9.94. The van der Waals surface area contributed by atoms with Gasteiger partial charge in [0, 0.05) is 11.1 Å². The Morgan fingerprint density at radius 2 is 1.79 bits per heavy atom. The number of amides is 1. The van der Waals surface area contributed by atoms with Gasteiger partial charge in [-0.2, -0.15) is 0 Å². The van der Waals surface area contributed by atoms with E-state index in [1.165, 1.54) is 25.7 Å². The van der Waals surface area contributed by atoms with Crippen molar-refractivity contribution in [3.8, 4) is 0 Å². The first-order valence-electron chi connectivity index (χ1n) is 5.41. The molecule has 0 aromatic carbocycles. The zero-order valence-electron chi connectivity index (χ0n) is 9.52. The summed E-state index contributed by atoms with van der Waals surface area (Å²) in [7, 11) is 0. The number of hydrogen-bond donors (Lipinski definition) is 1. The second-order valence-electron chi connectivity index (χ2n) is 5.21. The van der Waals surface area contributed by atoms with Crippen LogP contribution in [0.3, 0.4) is 0 Å². The van der Waals surface area contributed by atoms with Crippen molar-refractivity contribution in [2.75, 3.05) is 0 Å². The molecule has 0 spiro atoms. The Bertz CT molecular complexity index is 231. The quantitative estimate of drug-likeness (QED) is 0.721. The van der Waals surface area contributed by atoms with Crippen molar-refractivity contribution in [2.24, 2.45) is 11.3 Å². The van der Waals surface area contributed by atoms with Crippen LogP contribution < -0.4 is 5.32 Å². The molecule has 80 valence electrons. The summed E-state index contributed by atoms with van der Waals surface area (Å²) in [5.41, 5.74) is 0.601. The van der Waals surface area contributed by atoms with Gasteiger partial charge in [0.25, 0.3) is 0 Å². The van der Waals surface area contributed by atoms with Gasteiger partial charge >= 0.3 is 0 Å². The Kier molecular flexibility index (Phi) is 3.35. The fourth-order valence-electron chi connectivity index (χ4n) is 1.71. The normalized spacial score (nSPS) is 18.2. The van der Waals surface area contributed by atoms with Crippen molar-refractivity contribution < 1.29 is 4.79 Å². The first-order valence-corrected chi connectivity index (χ1v) is 5.41. The number of allylic oxidation sites excluding steroid dienone is 1. The van der Waals surface area contributed by atoms with Crippen molar-refractivity contribution in [3.05, 3.63) is 12.3 Å². The summed E-state index contributed by atoms with van der Waals surface area (Å²) >= 11 is 0. The third-order valence-corrected chi connectivity index (χ3v) is 2.80. The highest BCUT2D eigenvalue weighted by molar-refractivity contribution is 5.82. The molecule has 0 aromatic heterocycles. The van der Waals surface area contributed by atoms with Crippen LogP contribution >= 0.6 is 0 Å². The number of rotatable bonds is 2. The molecular formula is C12H21NO. The monoisotopic (exact) mass is 195 g/mol. The molecule has 1 rings (SSSR count). The summed E-state index contributed by atoms with van der Waals surface area (Å²) in [6.45, 7) is 9.72. The molecule has 1 saturated carbocycles. The molecule has 14 heavy (non-hydrogen) atoms. The Morgan fingerprint density at radius 1 is 1.29 bits per heavy atom. The minimum absolute atomic E-state index is 0.0781. The number of carbonyl (C=O) groups excluding carboxylic acids is 1. The van der Waals surface area contributed by atoms with Crippen molar-refractivity contribution in [1.82, 2.24) is 5.32 Å². The predicted molar refractivity (Wildman–Crippen MR) is 58.7 cm³/mol. The third kappa shape index (κ3) is 2.86. The summed E-state index contributed by atoms with van der Waals surface area (Å²) in [6.07, 6.45) is 4.91. The molecule has 1 fully saturated rings. The fourth-order valence-corrected chi connectivity index (χ4v) is 1.71. The van der Waals surface area contributed by atoms with Crippen molar-refractivity contribution >= 4 is 5.91 Å². The molecule has 0 bridgehead atoms. The molecule has 0 heterocycles. The van der Waals surface area contributed by atoms with Gasteiger partial charge in [0.2, 0.25) is 5.91 Å². The maximum absolute atomic E-state index is 11.7. The minimum atomic E-state index is -0.318. The van der Waals surface area contributed by atoms with Crippen LogP contribution in [0.15, 0.2) is 12.3 Å². The van der Waals surface area contributed by atoms with Crippen molar-refractivity contribution in [3.63, 3.8) is 0 Å². The van der Waals surface area contributed by atoms with Crippen LogP contribution in [0, 0.1) is 11.3 Å². The molecule has 2 nitrogen and oxygen atoms in total. The van der Waals surface area contributed by atoms with Gasteiger partial charge in [-0.15, -0.1) is 0 Å². The molecule has 0 aromatic rings. The van der Waals surface area contributed by atoms with E-state index in [2.05, 4.69) is 11.9 Å². The van der Waals surface area contributed by atoms with E-state index in [1.807, 2.05) is 20.8 Å². The van der Waals surface area contributed by atoms with Crippen molar-refractivity contribution in [2.45, 2.75) is 46.5 Å². The number of nitrogens with one attached hydrogen (secondary N) is 1. The van der Waals surface area contributed by atoms with Crippen LogP contribution in [-0.2, 0) is 4.79 Å². The molecule has 1 aliphatic carbocycles. The molecule has 0 saturated heterocycles. The molecule has 1 N–H and O–H groups in total. The van der Waals surface area contributed by atoms with E-state index in [4.69, 9.17) is 0 Å². The maximum Gasteiger partial charge on any atom is 0.229 e. The van der Waals surface area contributed by atoms with E-state index in [0.717, 1.165) is 5.70 Å². The van der Waals surface area contributed by atoms with Crippen LogP contribution in [0.5, 0.6) is 0 Å². The largest absolute Gasteiger partial charge is 0.330 e. The van der Waals surface area contributed by atoms with Crippen LogP contribution in [0.1, 0.15) is 46.5 Å². The van der Waals surface area contributed by atoms with Gasteiger partial charge in [-0.05, 0) is 18.8 Å². The van der Waals surface area contributed by atoms with Crippen LogP contribution in [0.4, 0.5) is 0 Å². The summed E-state index contributed by atoms with van der Waals surface area (Å²) in [6, 6.07) is 0. The van der Waals surface area contributed by atoms with Gasteiger partial charge in [-0.1, -0.05) is 40.2 Å². The highest BCUT2D eigenvalue weighted by Gasteiger charge is 2.25. The molecule has 1 aliphatic rings. The Balaban J connectivity index is 2.44. The molecule has 0 radical (unpaired) electrons. The average Bonchev–Trinajstić information content (AvgIpc) is 2.53. The Labute approximate surface area is 86.8 Å². The lowest BCUT2D eigenvalue weighted by molar-refractivity contribution is -0.127. The molecule has 0 atom stereocenters. The molecule has 1 amide bonds. The summed E-state index contributed by atoms with van der Waals surface area (Å²) in [5.74, 6) is 0.593. The Morgan fingerprint density at radius 3 is 2.21 bits per heavy atom. The standard InChI is InChI=1S/C12H21NO/c1-9(10-7-5-6-8-10)13-11(14)12(2,3)4/h10H,1,5-8H2,2-4H3,(H,13,14). The number of carbonyl (C=O) groups is 1. The van der Waals surface area contributed by atoms with E-state index >= 15 is 0 Å². The summed E-state index contributed by atoms with van der Waals surface area (Å²) < 4.78 is 0. The highest BCUT2D eigenvalue weighted by Crippen LogP contribution is 2.29. The van der Waals surface area contributed by atoms with E-state index in [-0.39, 0.29) is 11.3 Å². The van der Waals surface area contributed by atoms with Crippen LogP contribution in [0.25, 0.3) is 0 Å². The van der Waals surface area contributed by atoms with E-state index < -0.39 is 0 Å². The fraction of sp³-hybridized carbons (Fsp3) is 0.750. The third-order valence-electron chi connectivity index (χ3n) is 2.80. The zero-order valence-corrected chi connectivity index (χ0v) is 9.52. The van der Waals surface area contributed by atoms with Gasteiger partial charge in [0.15, 0.2) is 0 Å². The predicted octanol–water partition coefficient (Wildman–Crippen LogP) is 2.85. The van der Waals surface area contributed by atoms with Gasteiger partial charge < -0.3 is 5.32 Å². The highest BCUT2D eigenvalue weighted by atomic mass is 16.2. The van der Waals surface area contributed by atoms with E-state index in [9.17, 15) is 4.79 Å². The van der Waals surface area contributed by atoms with Gasteiger partial charge in [-0.3, -0.25) is 4.79 Å². The second kappa shape index (κ2) is 4.16. The molecule has 0 aliphatic heterocycles. The van der Waals surface area contributed by atoms with Crippen molar-refractivity contribution in [1.29, 1.82) is 0 Å². The SMILES string of the molecule is C=C(NC(=O)C(C)(C)C)C1CCCC1. The minimum Gasteiger partial charge on any atom is -0.330 e. The van der Waals surface area contributed by atoms with E-state index in [0.29, 0.717) is 5.92 Å². The van der Waals surface area contributed by atoms with Crippen LogP contribution in [-0.4, -0.2) is 5.91 Å². The van der Waals surface area contributed by atoms with Gasteiger partial charge in [0.1, 0.15) is 0 Å². The van der Waals surface area contributed by atoms with E-state index in [1.54, 1.807) is 0 Å². The molecule has 0 unspecified atom stereocenters. The van der Waals surface area contributed by atoms with Gasteiger partial charge in [-0.25, -0.2) is 0 Å². The Hall–Kier alpha value is -0.790. The zero-order chi connectivity index (χ0) is 10.8. The van der Waals surface area contributed by atoms with Crippen LogP contribution in [0.2, 0.25) is 0 Å². The smallest absolute Gasteiger partial charge is 0.229 e. The lowest BCUT2D eigenvalue weighted by Gasteiger charge is -2.21. The average molecular weight is 195 g/mol. The first kappa shape index (κ1) is 11.3. The molecular weight excluding hydrogens is 174 g/mol. The van der Waals surface area contributed by atoms with Gasteiger partial charge in [0.05, 0.1) is 0 Å². The number of hydrogen-bond acceptors (Lipinski definition) is 1. The summed E-state index contributed by atoms with van der Waals surface area (Å²) in [5, 5.41) is 2.93. The first-order chi connectivity index (χ1) is 6.41. The lowest BCUT2D eigenvalue weighted by Crippen LogP contribution is -2.35. The second-order valence-corrected chi connectivity index (χ2v) is 5.21. The maximum atomic E-state index is 11.7. The topological polar surface area (TPSA) is 29.1 Å². The summed E-state index contributed by atoms with van der Waals surface area (Å²) in [4.78, 5) is 11.7.